The second kappa shape index (κ2) is 7.67. The van der Waals surface area contributed by atoms with E-state index in [0.29, 0.717) is 5.69 Å². The monoisotopic (exact) mass is 460 g/mol. The fourth-order valence-electron chi connectivity index (χ4n) is 4.49. The lowest BCUT2D eigenvalue weighted by Crippen LogP contribution is -2.56. The van der Waals surface area contributed by atoms with Crippen LogP contribution < -0.4 is 10.6 Å². The van der Waals surface area contributed by atoms with E-state index in [1.54, 1.807) is 31.0 Å². The molecule has 0 spiro atoms. The lowest BCUT2D eigenvalue weighted by atomic mass is 10.1. The third-order valence-corrected chi connectivity index (χ3v) is 6.29. The molecule has 0 unspecified atom stereocenters. The predicted molar refractivity (Wildman–Crippen MR) is 133 cm³/mol. The highest BCUT2D eigenvalue weighted by atomic mass is 15.3. The van der Waals surface area contributed by atoms with Crippen molar-refractivity contribution in [2.24, 2.45) is 5.73 Å². The summed E-state index contributed by atoms with van der Waals surface area (Å²) in [5, 5.41) is 9.58. The van der Waals surface area contributed by atoms with Gasteiger partial charge in [0.05, 0.1) is 41.2 Å². The maximum Gasteiger partial charge on any atom is 0.147 e. The maximum atomic E-state index is 5.92. The number of fused-ring (bicyclic) bond motifs is 2. The second-order valence-corrected chi connectivity index (χ2v) is 8.63. The summed E-state index contributed by atoms with van der Waals surface area (Å²) in [5.74, 6) is 0.808. The zero-order valence-corrected chi connectivity index (χ0v) is 18.6. The SMILES string of the molecule is NC1CN(c2cncc(-c3cc4c(-c5cc6c(-c7ccccn7)ccnc6[nH]5)n[nH]c4cn3)n2)C1. The molecule has 35 heavy (non-hydrogen) atoms. The van der Waals surface area contributed by atoms with Crippen molar-refractivity contribution in [3.05, 3.63) is 67.4 Å². The molecule has 10 heteroatoms. The molecule has 0 bridgehead atoms. The van der Waals surface area contributed by atoms with Crippen molar-refractivity contribution in [1.82, 2.24) is 40.1 Å². The van der Waals surface area contributed by atoms with Crippen LogP contribution in [0.4, 0.5) is 5.82 Å². The molecule has 0 radical (unpaired) electrons. The zero-order valence-electron chi connectivity index (χ0n) is 18.6. The van der Waals surface area contributed by atoms with E-state index in [9.17, 15) is 0 Å². The Labute approximate surface area is 199 Å². The molecule has 0 aromatic carbocycles. The summed E-state index contributed by atoms with van der Waals surface area (Å²) in [7, 11) is 0. The molecule has 0 saturated carbocycles. The Bertz CT molecular complexity index is 1680. The number of hydrogen-bond acceptors (Lipinski definition) is 8. The number of hydrogen-bond donors (Lipinski definition) is 3. The average molecular weight is 461 g/mol. The van der Waals surface area contributed by atoms with Crippen LogP contribution in [-0.4, -0.2) is 59.2 Å². The molecule has 10 nitrogen and oxygen atoms in total. The summed E-state index contributed by atoms with van der Waals surface area (Å²) in [5.41, 5.74) is 12.5. The first-order valence-electron chi connectivity index (χ1n) is 11.3. The largest absolute Gasteiger partial charge is 0.352 e. The first-order chi connectivity index (χ1) is 17.2. The van der Waals surface area contributed by atoms with Crippen LogP contribution in [-0.2, 0) is 0 Å². The molecule has 7 rings (SSSR count). The Morgan fingerprint density at radius 2 is 1.83 bits per heavy atom. The second-order valence-electron chi connectivity index (χ2n) is 8.63. The summed E-state index contributed by atoms with van der Waals surface area (Å²) >= 11 is 0. The summed E-state index contributed by atoms with van der Waals surface area (Å²) in [6.45, 7) is 1.57. The number of nitrogens with zero attached hydrogens (tertiary/aromatic N) is 7. The van der Waals surface area contributed by atoms with Crippen molar-refractivity contribution in [2.45, 2.75) is 6.04 Å². The Balaban J connectivity index is 1.31. The Morgan fingerprint density at radius 1 is 0.886 bits per heavy atom. The van der Waals surface area contributed by atoms with Gasteiger partial charge in [0.2, 0.25) is 0 Å². The fourth-order valence-corrected chi connectivity index (χ4v) is 4.49. The maximum absolute atomic E-state index is 5.92. The van der Waals surface area contributed by atoms with E-state index >= 15 is 0 Å². The molecule has 4 N–H and O–H groups in total. The normalized spacial score (nSPS) is 14.0. The van der Waals surface area contributed by atoms with E-state index in [-0.39, 0.29) is 6.04 Å². The van der Waals surface area contributed by atoms with Crippen molar-refractivity contribution >= 4 is 27.8 Å². The molecule has 6 aromatic rings. The van der Waals surface area contributed by atoms with E-state index in [4.69, 9.17) is 10.7 Å². The van der Waals surface area contributed by atoms with Crippen LogP contribution in [0.3, 0.4) is 0 Å². The minimum Gasteiger partial charge on any atom is -0.352 e. The molecule has 0 amide bonds. The highest BCUT2D eigenvalue weighted by Crippen LogP contribution is 2.33. The van der Waals surface area contributed by atoms with Gasteiger partial charge < -0.3 is 15.6 Å². The number of nitrogens with two attached hydrogens (primary N) is 1. The molecular formula is C25H20N10. The fraction of sp³-hybridized carbons (Fsp3) is 0.120. The van der Waals surface area contributed by atoms with Gasteiger partial charge in [-0.05, 0) is 30.3 Å². The molecule has 1 saturated heterocycles. The van der Waals surface area contributed by atoms with Crippen molar-refractivity contribution in [1.29, 1.82) is 0 Å². The van der Waals surface area contributed by atoms with Crippen LogP contribution in [0.2, 0.25) is 0 Å². The summed E-state index contributed by atoms with van der Waals surface area (Å²) < 4.78 is 0. The van der Waals surface area contributed by atoms with Crippen LogP contribution >= 0.6 is 0 Å². The van der Waals surface area contributed by atoms with Gasteiger partial charge in [-0.25, -0.2) is 9.97 Å². The quantitative estimate of drug-likeness (QED) is 0.365. The van der Waals surface area contributed by atoms with Crippen LogP contribution in [0.15, 0.2) is 67.4 Å². The number of nitrogens with one attached hydrogen (secondary N) is 2. The number of anilines is 1. The smallest absolute Gasteiger partial charge is 0.147 e. The predicted octanol–water partition coefficient (Wildman–Crippen LogP) is 3.17. The van der Waals surface area contributed by atoms with E-state index < -0.39 is 0 Å². The number of rotatable bonds is 4. The van der Waals surface area contributed by atoms with E-state index in [2.05, 4.69) is 46.1 Å². The van der Waals surface area contributed by atoms with Crippen LogP contribution in [0.25, 0.3) is 56.0 Å². The van der Waals surface area contributed by atoms with Crippen molar-refractivity contribution in [3.63, 3.8) is 0 Å². The van der Waals surface area contributed by atoms with Gasteiger partial charge in [-0.3, -0.25) is 20.1 Å². The van der Waals surface area contributed by atoms with Gasteiger partial charge in [0.1, 0.15) is 22.9 Å². The Morgan fingerprint density at radius 3 is 2.69 bits per heavy atom. The van der Waals surface area contributed by atoms with Gasteiger partial charge in [-0.1, -0.05) is 6.07 Å². The molecule has 6 aromatic heterocycles. The Kier molecular flexibility index (Phi) is 4.33. The van der Waals surface area contributed by atoms with Crippen LogP contribution in [0.1, 0.15) is 0 Å². The number of H-pyrrole nitrogens is 2. The first kappa shape index (κ1) is 19.7. The minimum absolute atomic E-state index is 0.187. The molecule has 1 aliphatic rings. The van der Waals surface area contributed by atoms with E-state index in [0.717, 1.165) is 69.2 Å². The first-order valence-corrected chi connectivity index (χ1v) is 11.3. The highest BCUT2D eigenvalue weighted by molar-refractivity contribution is 5.99. The van der Waals surface area contributed by atoms with Crippen molar-refractivity contribution in [3.8, 4) is 34.0 Å². The topological polar surface area (TPSA) is 138 Å². The summed E-state index contributed by atoms with van der Waals surface area (Å²) in [4.78, 5) is 28.3. The van der Waals surface area contributed by atoms with Gasteiger partial charge in [-0.15, -0.1) is 0 Å². The third kappa shape index (κ3) is 3.30. The number of pyridine rings is 3. The average Bonchev–Trinajstić information content (AvgIpc) is 3.51. The molecule has 1 fully saturated rings. The molecule has 1 aliphatic heterocycles. The molecule has 0 atom stereocenters. The lowest BCUT2D eigenvalue weighted by Gasteiger charge is -2.37. The lowest BCUT2D eigenvalue weighted by molar-refractivity contribution is 0.514. The molecule has 170 valence electrons. The molecule has 0 aliphatic carbocycles. The molecular weight excluding hydrogens is 440 g/mol. The third-order valence-electron chi connectivity index (χ3n) is 6.29. The number of aromatic amines is 2. The van der Waals surface area contributed by atoms with E-state index in [1.807, 2.05) is 30.3 Å². The van der Waals surface area contributed by atoms with E-state index in [1.165, 1.54) is 0 Å². The highest BCUT2D eigenvalue weighted by Gasteiger charge is 2.25. The van der Waals surface area contributed by atoms with Crippen LogP contribution in [0, 0.1) is 0 Å². The minimum atomic E-state index is 0.187. The van der Waals surface area contributed by atoms with Gasteiger partial charge in [0, 0.05) is 47.9 Å². The van der Waals surface area contributed by atoms with Crippen molar-refractivity contribution < 1.29 is 0 Å². The standard InChI is InChI=1S/C25H20N10/c26-14-12-35(13-14)23-11-27-9-22(31-23)19-8-17-21(10-30-19)33-34-24(17)20-7-16-15(4-6-29-25(16)32-20)18-3-1-2-5-28-18/h1-11,14H,12-13,26H2,(H,29,32)(H,33,34). The molecule has 7 heterocycles. The zero-order chi connectivity index (χ0) is 23.4. The van der Waals surface area contributed by atoms with Gasteiger partial charge >= 0.3 is 0 Å². The summed E-state index contributed by atoms with van der Waals surface area (Å²) in [6, 6.07) is 12.1. The van der Waals surface area contributed by atoms with Gasteiger partial charge in [-0.2, -0.15) is 5.10 Å². The van der Waals surface area contributed by atoms with Crippen LogP contribution in [0.5, 0.6) is 0 Å². The van der Waals surface area contributed by atoms with Gasteiger partial charge in [0.25, 0.3) is 0 Å². The Hall–Kier alpha value is -4.70. The van der Waals surface area contributed by atoms with Crippen molar-refractivity contribution in [2.75, 3.05) is 18.0 Å². The number of aromatic nitrogens is 8. The van der Waals surface area contributed by atoms with Gasteiger partial charge in [0.15, 0.2) is 0 Å². The summed E-state index contributed by atoms with van der Waals surface area (Å²) in [6.07, 6.45) is 8.83.